The number of piperidine rings is 1. The zero-order chi connectivity index (χ0) is 13.2. The van der Waals surface area contributed by atoms with Gasteiger partial charge in [-0.1, -0.05) is 24.6 Å². The molecule has 4 heteroatoms. The Bertz CT molecular complexity index is 539. The molecule has 19 heavy (non-hydrogen) atoms. The van der Waals surface area contributed by atoms with Crippen LogP contribution in [0, 0.1) is 12.8 Å². The molecule has 3 rings (SSSR count). The van der Waals surface area contributed by atoms with E-state index >= 15 is 0 Å². The van der Waals surface area contributed by atoms with Crippen LogP contribution in [-0.4, -0.2) is 16.7 Å². The summed E-state index contributed by atoms with van der Waals surface area (Å²) in [5, 5.41) is 11.8. The molecular formula is C15H19N3O. The molecule has 1 aliphatic rings. The highest BCUT2D eigenvalue weighted by atomic mass is 16.4. The van der Waals surface area contributed by atoms with Gasteiger partial charge < -0.3 is 9.73 Å². The molecule has 1 aromatic carbocycles. The van der Waals surface area contributed by atoms with E-state index in [1.165, 1.54) is 12.0 Å². The zero-order valence-corrected chi connectivity index (χ0v) is 11.4. The van der Waals surface area contributed by atoms with E-state index in [1.54, 1.807) is 0 Å². The largest absolute Gasteiger partial charge is 0.419 e. The minimum atomic E-state index is 0.211. The number of hydrogen-bond acceptors (Lipinski definition) is 4. The number of hydrogen-bond donors (Lipinski definition) is 1. The molecule has 1 fully saturated rings. The van der Waals surface area contributed by atoms with Crippen molar-refractivity contribution in [1.82, 2.24) is 15.5 Å². The van der Waals surface area contributed by atoms with Crippen molar-refractivity contribution in [3.05, 3.63) is 35.7 Å². The lowest BCUT2D eigenvalue weighted by Crippen LogP contribution is -2.32. The Morgan fingerprint density at radius 1 is 1.16 bits per heavy atom. The van der Waals surface area contributed by atoms with Crippen molar-refractivity contribution in [2.45, 2.75) is 32.7 Å². The molecule has 2 aromatic rings. The van der Waals surface area contributed by atoms with Crippen LogP contribution in [0.1, 0.15) is 37.3 Å². The minimum Gasteiger partial charge on any atom is -0.419 e. The van der Waals surface area contributed by atoms with Gasteiger partial charge in [0.15, 0.2) is 0 Å². The topological polar surface area (TPSA) is 51.0 Å². The quantitative estimate of drug-likeness (QED) is 0.898. The predicted octanol–water partition coefficient (Wildman–Crippen LogP) is 3.11. The van der Waals surface area contributed by atoms with Crippen LogP contribution in [0.3, 0.4) is 0 Å². The second kappa shape index (κ2) is 5.13. The first-order chi connectivity index (χ1) is 9.22. The highest BCUT2D eigenvalue weighted by Gasteiger charge is 2.23. The molecule has 0 bridgehead atoms. The van der Waals surface area contributed by atoms with Crippen molar-refractivity contribution in [3.63, 3.8) is 0 Å². The van der Waals surface area contributed by atoms with E-state index in [9.17, 15) is 0 Å². The first-order valence-electron chi connectivity index (χ1n) is 6.86. The van der Waals surface area contributed by atoms with Crippen LogP contribution >= 0.6 is 0 Å². The van der Waals surface area contributed by atoms with E-state index < -0.39 is 0 Å². The van der Waals surface area contributed by atoms with Crippen LogP contribution in [-0.2, 0) is 0 Å². The zero-order valence-electron chi connectivity index (χ0n) is 11.4. The Hall–Kier alpha value is -1.68. The maximum Gasteiger partial charge on any atom is 0.247 e. The molecule has 0 radical (unpaired) electrons. The van der Waals surface area contributed by atoms with Gasteiger partial charge in [0.1, 0.15) is 0 Å². The van der Waals surface area contributed by atoms with Gasteiger partial charge in [-0.05, 0) is 44.4 Å². The van der Waals surface area contributed by atoms with Crippen molar-refractivity contribution >= 4 is 0 Å². The average molecular weight is 257 g/mol. The van der Waals surface area contributed by atoms with E-state index in [0.29, 0.717) is 11.8 Å². The van der Waals surface area contributed by atoms with E-state index in [1.807, 2.05) is 12.1 Å². The molecule has 2 atom stereocenters. The van der Waals surface area contributed by atoms with Crippen LogP contribution in [0.5, 0.6) is 0 Å². The molecule has 0 spiro atoms. The van der Waals surface area contributed by atoms with E-state index in [-0.39, 0.29) is 6.04 Å². The van der Waals surface area contributed by atoms with Gasteiger partial charge in [0.25, 0.3) is 0 Å². The Morgan fingerprint density at radius 2 is 1.95 bits per heavy atom. The monoisotopic (exact) mass is 257 g/mol. The summed E-state index contributed by atoms with van der Waals surface area (Å²) >= 11 is 0. The molecule has 100 valence electrons. The molecule has 1 aromatic heterocycles. The molecule has 0 saturated carbocycles. The molecular weight excluding hydrogens is 238 g/mol. The van der Waals surface area contributed by atoms with E-state index in [0.717, 1.165) is 24.4 Å². The van der Waals surface area contributed by atoms with Crippen molar-refractivity contribution in [1.29, 1.82) is 0 Å². The fraction of sp³-hybridized carbons (Fsp3) is 0.467. The molecule has 1 saturated heterocycles. The predicted molar refractivity (Wildman–Crippen MR) is 73.6 cm³/mol. The third-order valence-electron chi connectivity index (χ3n) is 3.70. The molecule has 0 amide bonds. The van der Waals surface area contributed by atoms with Gasteiger partial charge in [-0.2, -0.15) is 0 Å². The van der Waals surface area contributed by atoms with Gasteiger partial charge >= 0.3 is 0 Å². The molecule has 1 N–H and O–H groups in total. The Kier molecular flexibility index (Phi) is 3.34. The number of aromatic nitrogens is 2. The summed E-state index contributed by atoms with van der Waals surface area (Å²) in [4.78, 5) is 0. The van der Waals surface area contributed by atoms with Crippen molar-refractivity contribution in [2.24, 2.45) is 5.92 Å². The molecule has 0 aliphatic carbocycles. The summed E-state index contributed by atoms with van der Waals surface area (Å²) in [5.74, 6) is 2.05. The standard InChI is InChI=1S/C15H19N3O/c1-10-3-6-12(7-4-10)14-17-18-15(19-14)13-8-5-11(2)9-16-13/h3-4,6-7,11,13,16H,5,8-9H2,1-2H3/t11?,13-/m0/s1. The SMILES string of the molecule is Cc1ccc(-c2nnc([C@@H]3CCC(C)CN3)o2)cc1. The Labute approximate surface area is 113 Å². The Balaban J connectivity index is 1.77. The molecule has 2 heterocycles. The fourth-order valence-corrected chi connectivity index (χ4v) is 2.40. The van der Waals surface area contributed by atoms with Gasteiger partial charge in [0, 0.05) is 5.56 Å². The van der Waals surface area contributed by atoms with Gasteiger partial charge in [0.2, 0.25) is 11.8 Å². The lowest BCUT2D eigenvalue weighted by Gasteiger charge is -2.25. The lowest BCUT2D eigenvalue weighted by molar-refractivity contribution is 0.292. The third kappa shape index (κ3) is 2.68. The van der Waals surface area contributed by atoms with Gasteiger partial charge in [0.05, 0.1) is 6.04 Å². The van der Waals surface area contributed by atoms with Crippen LogP contribution in [0.4, 0.5) is 0 Å². The minimum absolute atomic E-state index is 0.211. The van der Waals surface area contributed by atoms with Crippen LogP contribution in [0.2, 0.25) is 0 Å². The van der Waals surface area contributed by atoms with Crippen molar-refractivity contribution < 1.29 is 4.42 Å². The smallest absolute Gasteiger partial charge is 0.247 e. The molecule has 1 unspecified atom stereocenters. The first kappa shape index (κ1) is 12.4. The van der Waals surface area contributed by atoms with Crippen molar-refractivity contribution in [2.75, 3.05) is 6.54 Å². The summed E-state index contributed by atoms with van der Waals surface area (Å²) in [6.45, 7) is 5.35. The van der Waals surface area contributed by atoms with Crippen LogP contribution in [0.15, 0.2) is 28.7 Å². The number of nitrogens with zero attached hydrogens (tertiary/aromatic N) is 2. The summed E-state index contributed by atoms with van der Waals surface area (Å²) < 4.78 is 5.80. The first-order valence-corrected chi connectivity index (χ1v) is 6.86. The lowest BCUT2D eigenvalue weighted by atomic mass is 9.96. The number of benzene rings is 1. The van der Waals surface area contributed by atoms with E-state index in [2.05, 4.69) is 41.5 Å². The Morgan fingerprint density at radius 3 is 2.63 bits per heavy atom. The van der Waals surface area contributed by atoms with Crippen LogP contribution < -0.4 is 5.32 Å². The third-order valence-corrected chi connectivity index (χ3v) is 3.70. The highest BCUT2D eigenvalue weighted by Crippen LogP contribution is 2.27. The second-order valence-corrected chi connectivity index (χ2v) is 5.45. The summed E-state index contributed by atoms with van der Waals surface area (Å²) in [7, 11) is 0. The van der Waals surface area contributed by atoms with E-state index in [4.69, 9.17) is 4.42 Å². The maximum atomic E-state index is 5.80. The summed E-state index contributed by atoms with van der Waals surface area (Å²) in [6.07, 6.45) is 2.27. The van der Waals surface area contributed by atoms with Gasteiger partial charge in [-0.3, -0.25) is 0 Å². The summed E-state index contributed by atoms with van der Waals surface area (Å²) in [5.41, 5.74) is 2.21. The average Bonchev–Trinajstić information content (AvgIpc) is 2.90. The van der Waals surface area contributed by atoms with Gasteiger partial charge in [-0.25, -0.2) is 0 Å². The van der Waals surface area contributed by atoms with Crippen molar-refractivity contribution in [3.8, 4) is 11.5 Å². The summed E-state index contributed by atoms with van der Waals surface area (Å²) in [6, 6.07) is 8.36. The van der Waals surface area contributed by atoms with Crippen LogP contribution in [0.25, 0.3) is 11.5 Å². The normalized spacial score (nSPS) is 23.5. The fourth-order valence-electron chi connectivity index (χ4n) is 2.40. The van der Waals surface area contributed by atoms with Gasteiger partial charge in [-0.15, -0.1) is 10.2 Å². The molecule has 1 aliphatic heterocycles. The number of nitrogens with one attached hydrogen (secondary N) is 1. The highest BCUT2D eigenvalue weighted by molar-refractivity contribution is 5.52. The number of aryl methyl sites for hydroxylation is 1. The second-order valence-electron chi connectivity index (χ2n) is 5.45. The maximum absolute atomic E-state index is 5.80. The number of rotatable bonds is 2. The molecule has 4 nitrogen and oxygen atoms in total.